The molecule has 0 saturated carbocycles. The van der Waals surface area contributed by atoms with Crippen molar-refractivity contribution in [1.82, 2.24) is 4.98 Å². The number of ketones is 1. The second-order valence-electron chi connectivity index (χ2n) is 10.4. The van der Waals surface area contributed by atoms with Gasteiger partial charge in [-0.25, -0.2) is 9.78 Å². The Morgan fingerprint density at radius 3 is 2.43 bits per heavy atom. The molecule has 2 aliphatic rings. The lowest BCUT2D eigenvalue weighted by molar-refractivity contribution is -0.122. The summed E-state index contributed by atoms with van der Waals surface area (Å²) in [6, 6.07) is 19.8. The maximum absolute atomic E-state index is 13.2. The number of hydrogen-bond acceptors (Lipinski definition) is 6. The number of rotatable bonds is 6. The second-order valence-corrected chi connectivity index (χ2v) is 11.3. The number of amides is 2. The van der Waals surface area contributed by atoms with Crippen molar-refractivity contribution in [1.29, 1.82) is 0 Å². The topological polar surface area (TPSA) is 93.6 Å². The Kier molecular flexibility index (Phi) is 7.39. The number of halogens is 2. The zero-order valence-corrected chi connectivity index (χ0v) is 23.9. The summed E-state index contributed by atoms with van der Waals surface area (Å²) in [5, 5.41) is 1.31. The number of carbonyl (C=O) groups is 4. The van der Waals surface area contributed by atoms with Gasteiger partial charge in [-0.05, 0) is 60.9 Å². The molecule has 42 heavy (non-hydrogen) atoms. The van der Waals surface area contributed by atoms with Crippen molar-refractivity contribution >= 4 is 63.4 Å². The van der Waals surface area contributed by atoms with Crippen LogP contribution in [0.3, 0.4) is 0 Å². The molecule has 3 atom stereocenters. The number of allylic oxidation sites excluding steroid dienone is 2. The fourth-order valence-electron chi connectivity index (χ4n) is 5.64. The maximum Gasteiger partial charge on any atom is 0.339 e. The van der Waals surface area contributed by atoms with Crippen molar-refractivity contribution in [3.05, 3.63) is 106 Å². The van der Waals surface area contributed by atoms with Gasteiger partial charge >= 0.3 is 5.97 Å². The Morgan fingerprint density at radius 1 is 0.976 bits per heavy atom. The van der Waals surface area contributed by atoms with Gasteiger partial charge in [-0.1, -0.05) is 66.5 Å². The number of para-hydroxylation sites is 1. The zero-order chi connectivity index (χ0) is 29.5. The fourth-order valence-corrected chi connectivity index (χ4v) is 5.98. The summed E-state index contributed by atoms with van der Waals surface area (Å²) in [4.78, 5) is 58.1. The average molecular weight is 599 g/mol. The lowest BCUT2D eigenvalue weighted by atomic mass is 9.78. The molecule has 1 aromatic heterocycles. The molecule has 210 valence electrons. The van der Waals surface area contributed by atoms with Crippen LogP contribution >= 0.6 is 23.2 Å². The van der Waals surface area contributed by atoms with Gasteiger partial charge in [-0.3, -0.25) is 19.3 Å². The highest BCUT2D eigenvalue weighted by Gasteiger charge is 2.50. The SMILES string of the molecule is CC1C=CCC2C(=O)N(c3ccc(-c4cc(C(=O)OCC(=O)c5ccc(Cl)cc5)c5cccc(Cl)c5n4)cc3)C(=O)C12. The Balaban J connectivity index is 1.29. The smallest absolute Gasteiger partial charge is 0.339 e. The molecular formula is C33H24Cl2N2O5. The van der Waals surface area contributed by atoms with Gasteiger partial charge in [0.1, 0.15) is 0 Å². The van der Waals surface area contributed by atoms with Crippen LogP contribution in [-0.4, -0.2) is 35.2 Å². The summed E-state index contributed by atoms with van der Waals surface area (Å²) in [5.74, 6) is -2.17. The van der Waals surface area contributed by atoms with Crippen LogP contribution in [0, 0.1) is 17.8 Å². The summed E-state index contributed by atoms with van der Waals surface area (Å²) in [6.45, 7) is 1.50. The van der Waals surface area contributed by atoms with Crippen LogP contribution in [0.1, 0.15) is 34.1 Å². The van der Waals surface area contributed by atoms with Gasteiger partial charge in [0.15, 0.2) is 12.4 Å². The molecule has 4 aromatic rings. The number of hydrogen-bond donors (Lipinski definition) is 0. The minimum Gasteiger partial charge on any atom is -0.454 e. The molecule has 0 N–H and O–H groups in total. The summed E-state index contributed by atoms with van der Waals surface area (Å²) >= 11 is 12.4. The highest BCUT2D eigenvalue weighted by Crippen LogP contribution is 2.41. The molecule has 0 radical (unpaired) electrons. The lowest BCUT2D eigenvalue weighted by Gasteiger charge is -2.22. The summed E-state index contributed by atoms with van der Waals surface area (Å²) in [5.41, 5.74) is 2.51. The molecule has 1 saturated heterocycles. The normalized spacial score (nSPS) is 19.7. The Bertz CT molecular complexity index is 1780. The number of fused-ring (bicyclic) bond motifs is 2. The molecule has 1 aliphatic carbocycles. The van der Waals surface area contributed by atoms with Gasteiger partial charge < -0.3 is 4.74 Å². The number of pyridine rings is 1. The summed E-state index contributed by atoms with van der Waals surface area (Å²) in [7, 11) is 0. The third-order valence-electron chi connectivity index (χ3n) is 7.80. The first-order chi connectivity index (χ1) is 20.2. The van der Waals surface area contributed by atoms with Crippen molar-refractivity contribution in [2.24, 2.45) is 17.8 Å². The molecule has 9 heteroatoms. The van der Waals surface area contributed by atoms with E-state index in [1.807, 2.05) is 19.1 Å². The van der Waals surface area contributed by atoms with Crippen molar-refractivity contribution in [3.8, 4) is 11.3 Å². The number of Topliss-reactive ketones (excluding diaryl/α,β-unsaturated/α-hetero) is 1. The largest absolute Gasteiger partial charge is 0.454 e. The number of benzene rings is 3. The number of esters is 1. The van der Waals surface area contributed by atoms with E-state index in [4.69, 9.17) is 32.9 Å². The van der Waals surface area contributed by atoms with Crippen LogP contribution in [0.4, 0.5) is 5.69 Å². The van der Waals surface area contributed by atoms with E-state index in [0.717, 1.165) is 0 Å². The minimum absolute atomic E-state index is 0.00400. The molecule has 0 spiro atoms. The molecule has 0 bridgehead atoms. The average Bonchev–Trinajstić information content (AvgIpc) is 3.26. The number of ether oxygens (including phenoxy) is 1. The van der Waals surface area contributed by atoms with Crippen molar-refractivity contribution in [2.75, 3.05) is 11.5 Å². The second kappa shape index (κ2) is 11.2. The van der Waals surface area contributed by atoms with Gasteiger partial charge in [-0.15, -0.1) is 0 Å². The zero-order valence-electron chi connectivity index (χ0n) is 22.4. The van der Waals surface area contributed by atoms with E-state index in [0.29, 0.717) is 49.9 Å². The van der Waals surface area contributed by atoms with Gasteiger partial charge in [0.25, 0.3) is 0 Å². The molecule has 1 fully saturated rings. The van der Waals surface area contributed by atoms with Crippen LogP contribution in [-0.2, 0) is 14.3 Å². The summed E-state index contributed by atoms with van der Waals surface area (Å²) < 4.78 is 5.40. The van der Waals surface area contributed by atoms with Gasteiger partial charge in [-0.2, -0.15) is 0 Å². The number of anilines is 1. The predicted octanol–water partition coefficient (Wildman–Crippen LogP) is 6.95. The lowest BCUT2D eigenvalue weighted by Crippen LogP contribution is -2.31. The quantitative estimate of drug-likeness (QED) is 0.103. The van der Waals surface area contributed by atoms with E-state index in [1.54, 1.807) is 72.8 Å². The third-order valence-corrected chi connectivity index (χ3v) is 8.36. The number of carbonyl (C=O) groups excluding carboxylic acids is 4. The van der Waals surface area contributed by atoms with E-state index in [-0.39, 0.29) is 40.9 Å². The van der Waals surface area contributed by atoms with Gasteiger partial charge in [0.2, 0.25) is 11.8 Å². The molecule has 7 nitrogen and oxygen atoms in total. The molecule has 2 amide bonds. The maximum atomic E-state index is 13.2. The highest BCUT2D eigenvalue weighted by atomic mass is 35.5. The molecule has 3 aromatic carbocycles. The Labute approximate surface area is 251 Å². The number of aromatic nitrogens is 1. The monoisotopic (exact) mass is 598 g/mol. The first kappa shape index (κ1) is 27.8. The van der Waals surface area contributed by atoms with E-state index >= 15 is 0 Å². The molecule has 1 aliphatic heterocycles. The van der Waals surface area contributed by atoms with Crippen molar-refractivity contribution < 1.29 is 23.9 Å². The van der Waals surface area contributed by atoms with Gasteiger partial charge in [0.05, 0.1) is 39.3 Å². The third kappa shape index (κ3) is 4.99. The highest BCUT2D eigenvalue weighted by molar-refractivity contribution is 6.35. The summed E-state index contributed by atoms with van der Waals surface area (Å²) in [6.07, 6.45) is 4.52. The van der Waals surface area contributed by atoms with Crippen LogP contribution < -0.4 is 4.90 Å². The Morgan fingerprint density at radius 2 is 1.71 bits per heavy atom. The molecule has 3 unspecified atom stereocenters. The molecular weight excluding hydrogens is 575 g/mol. The first-order valence-electron chi connectivity index (χ1n) is 13.4. The van der Waals surface area contributed by atoms with Crippen LogP contribution in [0.5, 0.6) is 0 Å². The van der Waals surface area contributed by atoms with E-state index in [1.165, 1.54) is 4.90 Å². The fraction of sp³-hybridized carbons (Fsp3) is 0.182. The van der Waals surface area contributed by atoms with Gasteiger partial charge in [0, 0.05) is 21.5 Å². The Hall–Kier alpha value is -4.33. The molecule has 6 rings (SSSR count). The number of nitrogens with zero attached hydrogens (tertiary/aromatic N) is 2. The van der Waals surface area contributed by atoms with Crippen LogP contribution in [0.2, 0.25) is 10.0 Å². The van der Waals surface area contributed by atoms with Crippen molar-refractivity contribution in [3.63, 3.8) is 0 Å². The van der Waals surface area contributed by atoms with Crippen LogP contribution in [0.15, 0.2) is 84.9 Å². The minimum atomic E-state index is -0.705. The van der Waals surface area contributed by atoms with Crippen LogP contribution in [0.25, 0.3) is 22.2 Å². The van der Waals surface area contributed by atoms with E-state index < -0.39 is 12.6 Å². The number of imide groups is 1. The first-order valence-corrected chi connectivity index (χ1v) is 14.2. The predicted molar refractivity (Wildman–Crippen MR) is 161 cm³/mol. The standard InChI is InChI=1S/C33H24Cl2N2O5/c1-18-4-2-6-24-29(18)32(40)37(31(24)39)22-14-10-19(11-15-22)27-16-25(23-5-3-7-26(35)30(23)36-27)33(41)42-17-28(38)20-8-12-21(34)13-9-20/h2-5,7-16,18,24,29H,6,17H2,1H3. The van der Waals surface area contributed by atoms with Crippen molar-refractivity contribution in [2.45, 2.75) is 13.3 Å². The van der Waals surface area contributed by atoms with E-state index in [2.05, 4.69) is 0 Å². The van der Waals surface area contributed by atoms with E-state index in [9.17, 15) is 19.2 Å². The molecule has 2 heterocycles.